The molecule has 0 spiro atoms. The maximum Gasteiger partial charge on any atom is 0.303 e. The van der Waals surface area contributed by atoms with Crippen LogP contribution in [0.5, 0.6) is 0 Å². The highest BCUT2D eigenvalue weighted by Gasteiger charge is 2.08. The van der Waals surface area contributed by atoms with Crippen molar-refractivity contribution in [2.75, 3.05) is 11.9 Å². The number of carbonyl (C=O) groups is 2. The van der Waals surface area contributed by atoms with Crippen molar-refractivity contribution in [1.82, 2.24) is 20.5 Å². The van der Waals surface area contributed by atoms with Crippen molar-refractivity contribution in [3.05, 3.63) is 18.1 Å². The number of carboxylic acid groups (broad SMARTS) is 1. The predicted octanol–water partition coefficient (Wildman–Crippen LogP) is 0.385. The number of nitriles is 1. The van der Waals surface area contributed by atoms with Crippen molar-refractivity contribution in [3.63, 3.8) is 0 Å². The molecule has 0 aliphatic rings. The third kappa shape index (κ3) is 6.72. The maximum atomic E-state index is 11.7. The monoisotopic (exact) mass is 292 g/mol. The fraction of sp³-hybridized carbons (Fsp3) is 0.417. The number of carbonyl (C=O) groups excluding carboxylic acids is 1. The van der Waals surface area contributed by atoms with E-state index in [9.17, 15) is 9.59 Å². The summed E-state index contributed by atoms with van der Waals surface area (Å²) in [6.07, 6.45) is 4.58. The highest BCUT2D eigenvalue weighted by atomic mass is 16.4. The van der Waals surface area contributed by atoms with Crippen LogP contribution in [0.1, 0.15) is 25.7 Å². The molecule has 0 atom stereocenters. The highest BCUT2D eigenvalue weighted by molar-refractivity contribution is 5.97. The normalized spacial score (nSPS) is 10.7. The lowest BCUT2D eigenvalue weighted by molar-refractivity contribution is -0.137. The van der Waals surface area contributed by atoms with Crippen LogP contribution in [-0.2, 0) is 9.59 Å². The third-order valence-corrected chi connectivity index (χ3v) is 2.49. The van der Waals surface area contributed by atoms with Crippen LogP contribution in [0.15, 0.2) is 18.1 Å². The van der Waals surface area contributed by atoms with Gasteiger partial charge in [0.1, 0.15) is 18.0 Å². The minimum Gasteiger partial charge on any atom is -0.481 e. The van der Waals surface area contributed by atoms with Gasteiger partial charge in [0.05, 0.1) is 0 Å². The molecular weight excluding hydrogens is 276 g/mol. The molecule has 0 aliphatic heterocycles. The Hall–Kier alpha value is -2.89. The molecule has 21 heavy (non-hydrogen) atoms. The van der Waals surface area contributed by atoms with Crippen molar-refractivity contribution < 1.29 is 14.7 Å². The summed E-state index contributed by atoms with van der Waals surface area (Å²) >= 11 is 0. The Bertz CT molecular complexity index is 532. The second-order valence-electron chi connectivity index (χ2n) is 4.11. The molecule has 0 fully saturated rings. The number of hydrogen-bond acceptors (Lipinski definition) is 6. The number of aromatic amines is 1. The summed E-state index contributed by atoms with van der Waals surface area (Å²) in [4.78, 5) is 25.8. The Morgan fingerprint density at radius 3 is 2.86 bits per heavy atom. The quantitative estimate of drug-likeness (QED) is 0.292. The summed E-state index contributed by atoms with van der Waals surface area (Å²) in [7, 11) is 0. The summed E-state index contributed by atoms with van der Waals surface area (Å²) in [5.74, 6) is -1.00. The average molecular weight is 292 g/mol. The summed E-state index contributed by atoms with van der Waals surface area (Å²) in [6, 6.07) is 1.78. The van der Waals surface area contributed by atoms with Gasteiger partial charge in [0.2, 0.25) is 5.95 Å². The molecule has 1 rings (SSSR count). The Balaban J connectivity index is 2.27. The lowest BCUT2D eigenvalue weighted by atomic mass is 10.2. The van der Waals surface area contributed by atoms with Gasteiger partial charge in [0, 0.05) is 19.2 Å². The summed E-state index contributed by atoms with van der Waals surface area (Å²) in [5, 5.41) is 28.7. The molecule has 9 heteroatoms. The van der Waals surface area contributed by atoms with E-state index in [0.29, 0.717) is 31.8 Å². The molecule has 1 aromatic rings. The lowest BCUT2D eigenvalue weighted by Crippen LogP contribution is -2.26. The van der Waals surface area contributed by atoms with Crippen molar-refractivity contribution in [1.29, 1.82) is 5.26 Å². The molecule has 0 aromatic carbocycles. The first kappa shape index (κ1) is 16.2. The number of aromatic nitrogens is 3. The van der Waals surface area contributed by atoms with Gasteiger partial charge < -0.3 is 15.7 Å². The number of carboxylic acids is 1. The van der Waals surface area contributed by atoms with Gasteiger partial charge >= 0.3 is 5.97 Å². The van der Waals surface area contributed by atoms with E-state index in [1.165, 1.54) is 12.5 Å². The first-order chi connectivity index (χ1) is 10.1. The van der Waals surface area contributed by atoms with E-state index < -0.39 is 11.9 Å². The Kier molecular flexibility index (Phi) is 6.99. The largest absolute Gasteiger partial charge is 0.481 e. The molecular formula is C12H16N6O3. The molecule has 0 radical (unpaired) electrons. The molecule has 1 heterocycles. The molecule has 1 aromatic heterocycles. The summed E-state index contributed by atoms with van der Waals surface area (Å²) < 4.78 is 0. The SMILES string of the molecule is N#C/C(=C/Nc1ncn[nH]1)C(=O)NCCCCCC(=O)O. The smallest absolute Gasteiger partial charge is 0.303 e. The fourth-order valence-electron chi connectivity index (χ4n) is 1.44. The Morgan fingerprint density at radius 2 is 2.24 bits per heavy atom. The van der Waals surface area contributed by atoms with Crippen LogP contribution in [0.4, 0.5) is 5.95 Å². The van der Waals surface area contributed by atoms with Gasteiger partial charge in [-0.2, -0.15) is 15.3 Å². The topological polar surface area (TPSA) is 144 Å². The van der Waals surface area contributed by atoms with E-state index >= 15 is 0 Å². The summed E-state index contributed by atoms with van der Waals surface area (Å²) in [5.41, 5.74) is -0.0862. The van der Waals surface area contributed by atoms with Crippen molar-refractivity contribution >= 4 is 17.8 Å². The summed E-state index contributed by atoms with van der Waals surface area (Å²) in [6.45, 7) is 0.389. The van der Waals surface area contributed by atoms with Gasteiger partial charge in [-0.25, -0.2) is 5.10 Å². The standard InChI is InChI=1S/C12H16N6O3/c13-6-9(7-15-12-16-8-17-18-12)11(21)14-5-3-1-2-4-10(19)20/h7-8H,1-5H2,(H,14,21)(H,19,20)(H2,15,16,17,18)/b9-7-. The van der Waals surface area contributed by atoms with E-state index in [4.69, 9.17) is 10.4 Å². The van der Waals surface area contributed by atoms with Crippen molar-refractivity contribution in [3.8, 4) is 6.07 Å². The van der Waals surface area contributed by atoms with Crippen LogP contribution < -0.4 is 10.6 Å². The number of H-pyrrole nitrogens is 1. The molecule has 0 aliphatic carbocycles. The molecule has 9 nitrogen and oxygen atoms in total. The van der Waals surface area contributed by atoms with E-state index in [-0.39, 0.29) is 12.0 Å². The number of anilines is 1. The zero-order valence-corrected chi connectivity index (χ0v) is 11.3. The van der Waals surface area contributed by atoms with Crippen molar-refractivity contribution in [2.24, 2.45) is 0 Å². The maximum absolute atomic E-state index is 11.7. The zero-order chi connectivity index (χ0) is 15.5. The first-order valence-corrected chi connectivity index (χ1v) is 6.35. The Morgan fingerprint density at radius 1 is 1.43 bits per heavy atom. The third-order valence-electron chi connectivity index (χ3n) is 2.49. The molecule has 1 amide bonds. The first-order valence-electron chi connectivity index (χ1n) is 6.35. The predicted molar refractivity (Wildman–Crippen MR) is 72.8 cm³/mol. The van der Waals surface area contributed by atoms with E-state index in [1.807, 2.05) is 0 Å². The molecule has 4 N–H and O–H groups in total. The van der Waals surface area contributed by atoms with E-state index in [1.54, 1.807) is 6.07 Å². The van der Waals surface area contributed by atoms with E-state index in [0.717, 1.165) is 0 Å². The van der Waals surface area contributed by atoms with Crippen molar-refractivity contribution in [2.45, 2.75) is 25.7 Å². The van der Waals surface area contributed by atoms with Gasteiger partial charge in [-0.3, -0.25) is 9.59 Å². The minimum absolute atomic E-state index is 0.0862. The zero-order valence-electron chi connectivity index (χ0n) is 11.3. The van der Waals surface area contributed by atoms with Crippen LogP contribution in [0, 0.1) is 11.3 Å². The average Bonchev–Trinajstić information content (AvgIpc) is 2.96. The number of nitrogens with zero attached hydrogens (tertiary/aromatic N) is 3. The van der Waals surface area contributed by atoms with Gasteiger partial charge in [-0.05, 0) is 12.8 Å². The van der Waals surface area contributed by atoms with Crippen LogP contribution in [0.2, 0.25) is 0 Å². The molecule has 0 unspecified atom stereocenters. The van der Waals surface area contributed by atoms with Gasteiger partial charge in [-0.15, -0.1) is 0 Å². The molecule has 112 valence electrons. The number of amides is 1. The number of unbranched alkanes of at least 4 members (excludes halogenated alkanes) is 2. The van der Waals surface area contributed by atoms with Gasteiger partial charge in [0.25, 0.3) is 5.91 Å². The second-order valence-corrected chi connectivity index (χ2v) is 4.11. The van der Waals surface area contributed by atoms with Gasteiger partial charge in [0.15, 0.2) is 0 Å². The second kappa shape index (κ2) is 9.08. The van der Waals surface area contributed by atoms with E-state index in [2.05, 4.69) is 25.8 Å². The lowest BCUT2D eigenvalue weighted by Gasteiger charge is -2.04. The fourth-order valence-corrected chi connectivity index (χ4v) is 1.44. The number of rotatable bonds is 9. The minimum atomic E-state index is -0.827. The number of aliphatic carboxylic acids is 1. The molecule has 0 bridgehead atoms. The highest BCUT2D eigenvalue weighted by Crippen LogP contribution is 2.00. The van der Waals surface area contributed by atoms with Crippen LogP contribution in [0.25, 0.3) is 0 Å². The Labute approximate surface area is 121 Å². The van der Waals surface area contributed by atoms with Crippen LogP contribution in [-0.4, -0.2) is 38.7 Å². The van der Waals surface area contributed by atoms with Crippen LogP contribution >= 0.6 is 0 Å². The van der Waals surface area contributed by atoms with Crippen LogP contribution in [0.3, 0.4) is 0 Å². The molecule has 0 saturated carbocycles. The number of hydrogen-bond donors (Lipinski definition) is 4. The molecule has 0 saturated heterocycles. The number of nitrogens with one attached hydrogen (secondary N) is 3. The van der Waals surface area contributed by atoms with Gasteiger partial charge in [-0.1, -0.05) is 6.42 Å².